The lowest BCUT2D eigenvalue weighted by Gasteiger charge is -2.39. The van der Waals surface area contributed by atoms with Gasteiger partial charge in [0.2, 0.25) is 0 Å². The van der Waals surface area contributed by atoms with Gasteiger partial charge in [0.25, 0.3) is 5.91 Å². The largest absolute Gasteiger partial charge is 0.487 e. The number of hydrogen-bond donors (Lipinski definition) is 0. The molecule has 25 heavy (non-hydrogen) atoms. The third-order valence-corrected chi connectivity index (χ3v) is 4.85. The Balaban J connectivity index is 1.32. The van der Waals surface area contributed by atoms with E-state index in [0.717, 1.165) is 50.6 Å². The number of hydrogen-bond acceptors (Lipinski definition) is 4. The molecule has 2 aliphatic heterocycles. The first-order chi connectivity index (χ1) is 12.2. The van der Waals surface area contributed by atoms with Crippen molar-refractivity contribution >= 4 is 11.7 Å². The number of aromatic nitrogens is 1. The number of benzene rings is 1. The zero-order valence-electron chi connectivity index (χ0n) is 14.5. The first kappa shape index (κ1) is 15.9. The van der Waals surface area contributed by atoms with Crippen LogP contribution < -0.4 is 9.64 Å². The van der Waals surface area contributed by atoms with Gasteiger partial charge in [-0.3, -0.25) is 4.79 Å². The number of ether oxygens (including phenoxy) is 1. The number of carbonyl (C=O) groups excluding carboxylic acids is 1. The predicted octanol–water partition coefficient (Wildman–Crippen LogP) is 2.89. The average molecular weight is 337 g/mol. The second-order valence-corrected chi connectivity index (χ2v) is 6.87. The fraction of sp³-hybridized carbons (Fsp3) is 0.400. The van der Waals surface area contributed by atoms with E-state index in [0.29, 0.717) is 5.56 Å². The van der Waals surface area contributed by atoms with Crippen molar-refractivity contribution in [1.82, 2.24) is 9.88 Å². The van der Waals surface area contributed by atoms with Crippen molar-refractivity contribution in [1.29, 1.82) is 0 Å². The highest BCUT2D eigenvalue weighted by Crippen LogP contribution is 2.23. The maximum atomic E-state index is 12.3. The number of likely N-dealkylation sites (tertiary alicyclic amines) is 1. The third kappa shape index (κ3) is 3.45. The lowest BCUT2D eigenvalue weighted by molar-refractivity contribution is 0.0792. The number of amides is 1. The molecule has 5 nitrogen and oxygen atoms in total. The summed E-state index contributed by atoms with van der Waals surface area (Å²) in [5.74, 6) is 1.92. The molecule has 0 N–H and O–H groups in total. The molecule has 2 fully saturated rings. The number of nitrogens with zero attached hydrogens (tertiary/aromatic N) is 3. The van der Waals surface area contributed by atoms with E-state index in [9.17, 15) is 4.79 Å². The molecule has 130 valence electrons. The molecule has 0 atom stereocenters. The second kappa shape index (κ2) is 6.75. The number of aryl methyl sites for hydroxylation is 1. The van der Waals surface area contributed by atoms with E-state index < -0.39 is 0 Å². The molecule has 0 spiro atoms. The topological polar surface area (TPSA) is 45.7 Å². The third-order valence-electron chi connectivity index (χ3n) is 4.85. The molecule has 2 saturated heterocycles. The molecule has 1 aromatic carbocycles. The Morgan fingerprint density at radius 2 is 1.96 bits per heavy atom. The molecular weight excluding hydrogens is 314 g/mol. The van der Waals surface area contributed by atoms with Gasteiger partial charge in [-0.15, -0.1) is 0 Å². The molecule has 0 unspecified atom stereocenters. The normalized spacial score (nSPS) is 17.5. The van der Waals surface area contributed by atoms with Gasteiger partial charge >= 0.3 is 0 Å². The summed E-state index contributed by atoms with van der Waals surface area (Å²) in [6.07, 6.45) is 4.10. The Morgan fingerprint density at radius 1 is 1.16 bits per heavy atom. The van der Waals surface area contributed by atoms with Crippen LogP contribution in [0.2, 0.25) is 0 Å². The maximum absolute atomic E-state index is 12.3. The van der Waals surface area contributed by atoms with Crippen LogP contribution in [0.15, 0.2) is 42.6 Å². The standard InChI is InChI=1S/C20H23N3O2/c1-15-5-4-6-17(11-15)25-18-13-23(14-18)19-8-7-16(12-21-19)20(24)22-9-2-3-10-22/h4-8,11-12,18H,2-3,9-10,13-14H2,1H3. The maximum Gasteiger partial charge on any atom is 0.255 e. The van der Waals surface area contributed by atoms with Gasteiger partial charge in [0.1, 0.15) is 17.7 Å². The summed E-state index contributed by atoms with van der Waals surface area (Å²) in [7, 11) is 0. The Bertz CT molecular complexity index is 748. The fourth-order valence-electron chi connectivity index (χ4n) is 3.38. The smallest absolute Gasteiger partial charge is 0.255 e. The van der Waals surface area contributed by atoms with E-state index in [-0.39, 0.29) is 12.0 Å². The van der Waals surface area contributed by atoms with Gasteiger partial charge in [-0.2, -0.15) is 0 Å². The number of carbonyl (C=O) groups is 1. The van der Waals surface area contributed by atoms with Gasteiger partial charge in [-0.1, -0.05) is 12.1 Å². The summed E-state index contributed by atoms with van der Waals surface area (Å²) < 4.78 is 5.98. The van der Waals surface area contributed by atoms with Crippen molar-refractivity contribution in [2.75, 3.05) is 31.1 Å². The van der Waals surface area contributed by atoms with Gasteiger partial charge in [-0.05, 0) is 49.6 Å². The zero-order valence-corrected chi connectivity index (χ0v) is 14.5. The molecule has 2 aromatic rings. The van der Waals surface area contributed by atoms with E-state index >= 15 is 0 Å². The predicted molar refractivity (Wildman–Crippen MR) is 97.2 cm³/mol. The minimum absolute atomic E-state index is 0.0980. The first-order valence-corrected chi connectivity index (χ1v) is 8.93. The summed E-state index contributed by atoms with van der Waals surface area (Å²) in [4.78, 5) is 20.9. The summed E-state index contributed by atoms with van der Waals surface area (Å²) in [5.41, 5.74) is 1.88. The van der Waals surface area contributed by atoms with Crippen molar-refractivity contribution in [2.45, 2.75) is 25.9 Å². The quantitative estimate of drug-likeness (QED) is 0.861. The van der Waals surface area contributed by atoms with Crippen molar-refractivity contribution in [3.63, 3.8) is 0 Å². The van der Waals surface area contributed by atoms with Crippen molar-refractivity contribution in [2.24, 2.45) is 0 Å². The number of pyridine rings is 1. The minimum atomic E-state index is 0.0980. The summed E-state index contributed by atoms with van der Waals surface area (Å²) >= 11 is 0. The summed E-state index contributed by atoms with van der Waals surface area (Å²) in [6.45, 7) is 5.44. The molecule has 0 aliphatic carbocycles. The molecule has 4 rings (SSSR count). The van der Waals surface area contributed by atoms with Gasteiger partial charge in [-0.25, -0.2) is 4.98 Å². The Labute approximate surface area is 148 Å². The Hall–Kier alpha value is -2.56. The van der Waals surface area contributed by atoms with Crippen molar-refractivity contribution < 1.29 is 9.53 Å². The molecular formula is C20H23N3O2. The van der Waals surface area contributed by atoms with Crippen molar-refractivity contribution in [3.8, 4) is 5.75 Å². The van der Waals surface area contributed by atoms with Crippen LogP contribution in [-0.2, 0) is 0 Å². The SMILES string of the molecule is Cc1cccc(OC2CN(c3ccc(C(=O)N4CCCC4)cn3)C2)c1. The van der Waals surface area contributed by atoms with Gasteiger partial charge in [0.05, 0.1) is 18.7 Å². The van der Waals surface area contributed by atoms with Crippen LogP contribution in [0.25, 0.3) is 0 Å². The van der Waals surface area contributed by atoms with E-state index in [1.165, 1.54) is 5.56 Å². The Kier molecular flexibility index (Phi) is 4.30. The van der Waals surface area contributed by atoms with E-state index in [1.807, 2.05) is 29.2 Å². The molecule has 5 heteroatoms. The van der Waals surface area contributed by atoms with E-state index in [2.05, 4.69) is 28.9 Å². The lowest BCUT2D eigenvalue weighted by atomic mass is 10.1. The highest BCUT2D eigenvalue weighted by Gasteiger charge is 2.29. The van der Waals surface area contributed by atoms with Crippen LogP contribution in [0.1, 0.15) is 28.8 Å². The number of anilines is 1. The minimum Gasteiger partial charge on any atom is -0.487 e. The Morgan fingerprint density at radius 3 is 2.64 bits per heavy atom. The molecule has 3 heterocycles. The molecule has 0 saturated carbocycles. The highest BCUT2D eigenvalue weighted by atomic mass is 16.5. The molecule has 1 aromatic heterocycles. The van der Waals surface area contributed by atoms with Crippen LogP contribution in [-0.4, -0.2) is 48.1 Å². The van der Waals surface area contributed by atoms with E-state index in [1.54, 1.807) is 6.20 Å². The van der Waals surface area contributed by atoms with E-state index in [4.69, 9.17) is 4.74 Å². The summed E-state index contributed by atoms with van der Waals surface area (Å²) in [5, 5.41) is 0. The van der Waals surface area contributed by atoms with Crippen LogP contribution in [0.3, 0.4) is 0 Å². The van der Waals surface area contributed by atoms with Crippen LogP contribution in [0.4, 0.5) is 5.82 Å². The second-order valence-electron chi connectivity index (χ2n) is 6.87. The van der Waals surface area contributed by atoms with Crippen LogP contribution in [0.5, 0.6) is 5.75 Å². The lowest BCUT2D eigenvalue weighted by Crippen LogP contribution is -2.54. The van der Waals surface area contributed by atoms with Gasteiger partial charge in [0.15, 0.2) is 0 Å². The summed E-state index contributed by atoms with van der Waals surface area (Å²) in [6, 6.07) is 11.9. The van der Waals surface area contributed by atoms with Crippen LogP contribution >= 0.6 is 0 Å². The molecule has 0 radical (unpaired) electrons. The average Bonchev–Trinajstić information content (AvgIpc) is 3.12. The molecule has 0 bridgehead atoms. The monoisotopic (exact) mass is 337 g/mol. The van der Waals surface area contributed by atoms with Gasteiger partial charge < -0.3 is 14.5 Å². The van der Waals surface area contributed by atoms with Crippen molar-refractivity contribution in [3.05, 3.63) is 53.7 Å². The molecule has 2 aliphatic rings. The number of rotatable bonds is 4. The fourth-order valence-corrected chi connectivity index (χ4v) is 3.38. The zero-order chi connectivity index (χ0) is 17.2. The van der Waals surface area contributed by atoms with Gasteiger partial charge in [0, 0.05) is 19.3 Å². The first-order valence-electron chi connectivity index (χ1n) is 8.93. The van der Waals surface area contributed by atoms with Crippen LogP contribution in [0, 0.1) is 6.92 Å². The molecule has 1 amide bonds. The highest BCUT2D eigenvalue weighted by molar-refractivity contribution is 5.94.